The van der Waals surface area contributed by atoms with E-state index in [2.05, 4.69) is 4.98 Å². The van der Waals surface area contributed by atoms with Gasteiger partial charge >= 0.3 is 0 Å². The zero-order chi connectivity index (χ0) is 9.97. The summed E-state index contributed by atoms with van der Waals surface area (Å²) in [6.45, 7) is 1.81. The third-order valence-corrected chi connectivity index (χ3v) is 2.52. The van der Waals surface area contributed by atoms with Crippen molar-refractivity contribution in [3.63, 3.8) is 0 Å². The molecule has 0 aromatic carbocycles. The predicted octanol–water partition coefficient (Wildman–Crippen LogP) is 2.85. The number of aryl methyl sites for hydroxylation is 1. The molecule has 0 N–H and O–H groups in total. The molecule has 0 bridgehead atoms. The van der Waals surface area contributed by atoms with Gasteiger partial charge in [0.05, 0.1) is 0 Å². The van der Waals surface area contributed by atoms with Crippen molar-refractivity contribution in [1.82, 2.24) is 4.98 Å². The molecular formula is C11H14FNO. The Hall–Kier alpha value is -1.12. The van der Waals surface area contributed by atoms with Crippen molar-refractivity contribution in [2.24, 2.45) is 0 Å². The fourth-order valence-electron chi connectivity index (χ4n) is 1.77. The van der Waals surface area contributed by atoms with Crippen molar-refractivity contribution in [1.29, 1.82) is 0 Å². The Morgan fingerprint density at radius 3 is 2.79 bits per heavy atom. The van der Waals surface area contributed by atoms with Gasteiger partial charge in [-0.1, -0.05) is 0 Å². The van der Waals surface area contributed by atoms with Gasteiger partial charge in [0, 0.05) is 6.20 Å². The van der Waals surface area contributed by atoms with Crippen LogP contribution < -0.4 is 4.74 Å². The third kappa shape index (κ3) is 2.03. The minimum absolute atomic E-state index is 0.155. The van der Waals surface area contributed by atoms with E-state index < -0.39 is 0 Å². The smallest absolute Gasteiger partial charge is 0.250 e. The minimum atomic E-state index is -0.350. The largest absolute Gasteiger partial charge is 0.472 e. The normalized spacial score (nSPS) is 17.3. The van der Waals surface area contributed by atoms with Crippen molar-refractivity contribution in [2.75, 3.05) is 0 Å². The number of pyridine rings is 1. The van der Waals surface area contributed by atoms with Crippen LogP contribution in [0, 0.1) is 12.7 Å². The zero-order valence-corrected chi connectivity index (χ0v) is 8.29. The van der Waals surface area contributed by atoms with Gasteiger partial charge in [0.15, 0.2) is 5.82 Å². The van der Waals surface area contributed by atoms with E-state index in [4.69, 9.17) is 4.74 Å². The highest BCUT2D eigenvalue weighted by Crippen LogP contribution is 2.24. The lowest BCUT2D eigenvalue weighted by Crippen LogP contribution is -2.12. The fourth-order valence-corrected chi connectivity index (χ4v) is 1.77. The molecule has 14 heavy (non-hydrogen) atoms. The Morgan fingerprint density at radius 1 is 1.43 bits per heavy atom. The molecule has 0 aliphatic heterocycles. The van der Waals surface area contributed by atoms with Crippen LogP contribution in [0.3, 0.4) is 0 Å². The van der Waals surface area contributed by atoms with Gasteiger partial charge in [-0.2, -0.15) is 0 Å². The monoisotopic (exact) mass is 195 g/mol. The fraction of sp³-hybridized carbons (Fsp3) is 0.545. The van der Waals surface area contributed by atoms with Crippen LogP contribution >= 0.6 is 0 Å². The van der Waals surface area contributed by atoms with E-state index in [0.29, 0.717) is 0 Å². The van der Waals surface area contributed by atoms with Crippen LogP contribution in [0.2, 0.25) is 0 Å². The van der Waals surface area contributed by atoms with Crippen molar-refractivity contribution in [2.45, 2.75) is 38.7 Å². The van der Waals surface area contributed by atoms with E-state index in [0.717, 1.165) is 18.4 Å². The minimum Gasteiger partial charge on any atom is -0.472 e. The number of halogens is 1. The predicted molar refractivity (Wildman–Crippen MR) is 51.8 cm³/mol. The molecule has 1 aromatic heterocycles. The van der Waals surface area contributed by atoms with Gasteiger partial charge in [-0.3, -0.25) is 0 Å². The lowest BCUT2D eigenvalue weighted by atomic mass is 10.3. The molecule has 1 fully saturated rings. The molecule has 76 valence electrons. The van der Waals surface area contributed by atoms with Crippen molar-refractivity contribution < 1.29 is 9.13 Å². The van der Waals surface area contributed by atoms with E-state index in [1.165, 1.54) is 18.9 Å². The summed E-state index contributed by atoms with van der Waals surface area (Å²) in [6.07, 6.45) is 6.20. The lowest BCUT2D eigenvalue weighted by Gasteiger charge is -2.12. The van der Waals surface area contributed by atoms with Crippen LogP contribution in [0.15, 0.2) is 12.3 Å². The van der Waals surface area contributed by atoms with E-state index in [1.54, 1.807) is 6.20 Å². The second kappa shape index (κ2) is 3.95. The van der Waals surface area contributed by atoms with Gasteiger partial charge in [0.1, 0.15) is 6.10 Å². The van der Waals surface area contributed by atoms with Crippen LogP contribution in [-0.4, -0.2) is 11.1 Å². The molecule has 0 amide bonds. The molecule has 1 saturated carbocycles. The molecule has 0 radical (unpaired) electrons. The van der Waals surface area contributed by atoms with Crippen LogP contribution in [0.25, 0.3) is 0 Å². The number of rotatable bonds is 2. The molecule has 0 atom stereocenters. The maximum absolute atomic E-state index is 13.3. The molecule has 1 aliphatic rings. The first-order chi connectivity index (χ1) is 6.75. The van der Waals surface area contributed by atoms with Crippen LogP contribution in [0.5, 0.6) is 5.88 Å². The van der Waals surface area contributed by atoms with Crippen molar-refractivity contribution in [3.8, 4) is 5.88 Å². The van der Waals surface area contributed by atoms with Gasteiger partial charge in [-0.25, -0.2) is 9.37 Å². The Morgan fingerprint density at radius 2 is 2.14 bits per heavy atom. The average molecular weight is 195 g/mol. The molecule has 1 heterocycles. The summed E-state index contributed by atoms with van der Waals surface area (Å²) in [4.78, 5) is 3.94. The molecule has 2 nitrogen and oxygen atoms in total. The maximum atomic E-state index is 13.3. The highest BCUT2D eigenvalue weighted by molar-refractivity contribution is 5.19. The second-order valence-corrected chi connectivity index (χ2v) is 3.82. The Kier molecular flexibility index (Phi) is 2.66. The van der Waals surface area contributed by atoms with Gasteiger partial charge in [-0.05, 0) is 44.2 Å². The standard InChI is InChI=1S/C11H14FNO/c1-8-6-10(12)11(13-7-8)14-9-4-2-3-5-9/h6-7,9H,2-5H2,1H3. The third-order valence-electron chi connectivity index (χ3n) is 2.52. The average Bonchev–Trinajstić information content (AvgIpc) is 2.62. The summed E-state index contributed by atoms with van der Waals surface area (Å²) in [5, 5.41) is 0. The van der Waals surface area contributed by atoms with Gasteiger partial charge < -0.3 is 4.74 Å². The number of ether oxygens (including phenoxy) is 1. The first-order valence-electron chi connectivity index (χ1n) is 5.04. The zero-order valence-electron chi connectivity index (χ0n) is 8.29. The van der Waals surface area contributed by atoms with Gasteiger partial charge in [-0.15, -0.1) is 0 Å². The van der Waals surface area contributed by atoms with Crippen molar-refractivity contribution in [3.05, 3.63) is 23.6 Å². The van der Waals surface area contributed by atoms with Gasteiger partial charge in [0.2, 0.25) is 0 Å². The summed E-state index contributed by atoms with van der Waals surface area (Å²) in [7, 11) is 0. The second-order valence-electron chi connectivity index (χ2n) is 3.82. The number of hydrogen-bond acceptors (Lipinski definition) is 2. The van der Waals surface area contributed by atoms with Crippen LogP contribution in [-0.2, 0) is 0 Å². The summed E-state index contributed by atoms with van der Waals surface area (Å²) < 4.78 is 18.8. The van der Waals surface area contributed by atoms with Gasteiger partial charge in [0.25, 0.3) is 5.88 Å². The Labute approximate surface area is 83.1 Å². The quantitative estimate of drug-likeness (QED) is 0.724. The molecule has 1 aliphatic carbocycles. The summed E-state index contributed by atoms with van der Waals surface area (Å²) in [5.41, 5.74) is 0.821. The summed E-state index contributed by atoms with van der Waals surface area (Å²) in [6, 6.07) is 1.46. The molecule has 3 heteroatoms. The highest BCUT2D eigenvalue weighted by Gasteiger charge is 2.18. The SMILES string of the molecule is Cc1cnc(OC2CCCC2)c(F)c1. The first kappa shape index (κ1) is 9.44. The highest BCUT2D eigenvalue weighted by atomic mass is 19.1. The number of hydrogen-bond donors (Lipinski definition) is 0. The Balaban J connectivity index is 2.08. The van der Waals surface area contributed by atoms with E-state index >= 15 is 0 Å². The number of nitrogens with zero attached hydrogens (tertiary/aromatic N) is 1. The molecule has 0 saturated heterocycles. The molecular weight excluding hydrogens is 181 g/mol. The molecule has 0 unspecified atom stereocenters. The summed E-state index contributed by atoms with van der Waals surface area (Å²) >= 11 is 0. The van der Waals surface area contributed by atoms with Crippen LogP contribution in [0.1, 0.15) is 31.2 Å². The topological polar surface area (TPSA) is 22.1 Å². The van der Waals surface area contributed by atoms with Crippen LogP contribution in [0.4, 0.5) is 4.39 Å². The van der Waals surface area contributed by atoms with Crippen molar-refractivity contribution >= 4 is 0 Å². The molecule has 2 rings (SSSR count). The lowest BCUT2D eigenvalue weighted by molar-refractivity contribution is 0.191. The molecule has 0 spiro atoms. The number of aromatic nitrogens is 1. The van der Waals surface area contributed by atoms with E-state index in [-0.39, 0.29) is 17.8 Å². The first-order valence-corrected chi connectivity index (χ1v) is 5.04. The maximum Gasteiger partial charge on any atom is 0.250 e. The molecule has 1 aromatic rings. The summed E-state index contributed by atoms with van der Waals surface area (Å²) in [5.74, 6) is -0.195. The Bertz CT molecular complexity index is 321. The van der Waals surface area contributed by atoms with E-state index in [9.17, 15) is 4.39 Å². The van der Waals surface area contributed by atoms with E-state index in [1.807, 2.05) is 6.92 Å².